The van der Waals surface area contributed by atoms with E-state index in [9.17, 15) is 9.59 Å². The first kappa shape index (κ1) is 21.4. The standard InChI is InChI=1S/C20H24N2O4.HI/c1-5-25-19(24)17-15(12-7-6-8-22(4)11-12)16-13(23)9-20(2,3)10-14(16)26-18(17)21;/h6-8,11,15H,5,9-10H2,1-4H3,(H-,21,24);1H. The van der Waals surface area contributed by atoms with E-state index in [1.54, 1.807) is 6.92 Å². The molecule has 1 aromatic heterocycles. The number of esters is 1. The Balaban J connectivity index is 0.00000261. The first-order chi connectivity index (χ1) is 12.2. The molecule has 0 amide bonds. The number of nitrogens with two attached hydrogens (primary N) is 1. The van der Waals surface area contributed by atoms with Crippen LogP contribution in [0.25, 0.3) is 0 Å². The minimum atomic E-state index is -0.575. The molecule has 1 aliphatic heterocycles. The van der Waals surface area contributed by atoms with Crippen molar-refractivity contribution in [3.63, 3.8) is 0 Å². The molecule has 0 saturated heterocycles. The number of carbonyl (C=O) groups excluding carboxylic acids is 2. The van der Waals surface area contributed by atoms with Crippen LogP contribution in [0.5, 0.6) is 0 Å². The van der Waals surface area contributed by atoms with Gasteiger partial charge in [0, 0.05) is 30.0 Å². The van der Waals surface area contributed by atoms with Gasteiger partial charge in [-0.1, -0.05) is 13.8 Å². The lowest BCUT2D eigenvalue weighted by Crippen LogP contribution is -3.00. The summed E-state index contributed by atoms with van der Waals surface area (Å²) >= 11 is 0. The number of allylic oxidation sites excluding steroid dienone is 2. The number of aryl methyl sites for hydroxylation is 1. The van der Waals surface area contributed by atoms with Gasteiger partial charge in [0.25, 0.3) is 0 Å². The van der Waals surface area contributed by atoms with Gasteiger partial charge in [0.2, 0.25) is 5.88 Å². The largest absolute Gasteiger partial charge is 1.00 e. The van der Waals surface area contributed by atoms with Crippen molar-refractivity contribution in [2.45, 2.75) is 39.5 Å². The Hall–Kier alpha value is -1.90. The molecule has 2 heterocycles. The summed E-state index contributed by atoms with van der Waals surface area (Å²) in [5, 5.41) is 0. The molecule has 146 valence electrons. The highest BCUT2D eigenvalue weighted by molar-refractivity contribution is 6.03. The highest BCUT2D eigenvalue weighted by Crippen LogP contribution is 2.48. The van der Waals surface area contributed by atoms with Gasteiger partial charge >= 0.3 is 5.97 Å². The molecule has 0 fully saturated rings. The third kappa shape index (κ3) is 4.17. The van der Waals surface area contributed by atoms with Crippen molar-refractivity contribution in [2.75, 3.05) is 6.61 Å². The van der Waals surface area contributed by atoms with E-state index in [2.05, 4.69) is 0 Å². The van der Waals surface area contributed by atoms with Gasteiger partial charge < -0.3 is 39.2 Å². The average molecular weight is 484 g/mol. The summed E-state index contributed by atoms with van der Waals surface area (Å²) in [6, 6.07) is 3.77. The van der Waals surface area contributed by atoms with Gasteiger partial charge in [0.05, 0.1) is 12.5 Å². The Morgan fingerprint density at radius 2 is 2.11 bits per heavy atom. The number of ether oxygens (including phenoxy) is 2. The number of rotatable bonds is 3. The van der Waals surface area contributed by atoms with E-state index in [1.807, 2.05) is 50.0 Å². The van der Waals surface area contributed by atoms with E-state index >= 15 is 0 Å². The van der Waals surface area contributed by atoms with E-state index in [1.165, 1.54) is 0 Å². The lowest BCUT2D eigenvalue weighted by molar-refractivity contribution is -0.671. The van der Waals surface area contributed by atoms with Gasteiger partial charge in [-0.25, -0.2) is 9.36 Å². The summed E-state index contributed by atoms with van der Waals surface area (Å²) < 4.78 is 12.8. The van der Waals surface area contributed by atoms with Crippen LogP contribution in [0.3, 0.4) is 0 Å². The van der Waals surface area contributed by atoms with Crippen molar-refractivity contribution >= 4 is 11.8 Å². The predicted molar refractivity (Wildman–Crippen MR) is 94.3 cm³/mol. The Morgan fingerprint density at radius 3 is 2.74 bits per heavy atom. The maximum absolute atomic E-state index is 13.0. The van der Waals surface area contributed by atoms with Gasteiger partial charge in [-0.3, -0.25) is 4.79 Å². The van der Waals surface area contributed by atoms with Crippen molar-refractivity contribution in [1.29, 1.82) is 0 Å². The molecule has 3 rings (SSSR count). The van der Waals surface area contributed by atoms with E-state index in [4.69, 9.17) is 15.2 Å². The number of carbonyl (C=O) groups is 2. The van der Waals surface area contributed by atoms with Gasteiger partial charge in [0.15, 0.2) is 18.2 Å². The highest BCUT2D eigenvalue weighted by Gasteiger charge is 2.45. The van der Waals surface area contributed by atoms with Crippen LogP contribution in [0.1, 0.15) is 45.1 Å². The van der Waals surface area contributed by atoms with E-state index in [0.717, 1.165) is 5.56 Å². The molecule has 7 heteroatoms. The molecule has 1 aromatic rings. The summed E-state index contributed by atoms with van der Waals surface area (Å²) in [7, 11) is 1.89. The maximum atomic E-state index is 13.0. The van der Waals surface area contributed by atoms with Crippen LogP contribution in [0.15, 0.2) is 47.3 Å². The monoisotopic (exact) mass is 484 g/mol. The van der Waals surface area contributed by atoms with Gasteiger partial charge in [-0.05, 0) is 18.4 Å². The van der Waals surface area contributed by atoms with E-state index in [0.29, 0.717) is 24.2 Å². The normalized spacial score (nSPS) is 21.2. The number of Topliss-reactive ketones (excluding diaryl/α,β-unsaturated/α-hetero) is 1. The lowest BCUT2D eigenvalue weighted by Gasteiger charge is -2.37. The molecular weight excluding hydrogens is 459 g/mol. The highest BCUT2D eigenvalue weighted by atomic mass is 127. The second-order valence-electron chi connectivity index (χ2n) is 7.61. The number of pyridine rings is 1. The third-order valence-corrected chi connectivity index (χ3v) is 4.75. The molecule has 27 heavy (non-hydrogen) atoms. The second kappa shape index (κ2) is 8.00. The zero-order valence-corrected chi connectivity index (χ0v) is 18.2. The quantitative estimate of drug-likeness (QED) is 0.339. The van der Waals surface area contributed by atoms with Crippen LogP contribution in [0, 0.1) is 5.41 Å². The summed E-state index contributed by atoms with van der Waals surface area (Å²) in [6.45, 7) is 6.00. The molecule has 1 aliphatic carbocycles. The number of halogens is 1. The fourth-order valence-corrected chi connectivity index (χ4v) is 3.71. The topological polar surface area (TPSA) is 82.5 Å². The first-order valence-electron chi connectivity index (χ1n) is 8.79. The fraction of sp³-hybridized carbons (Fsp3) is 0.450. The van der Waals surface area contributed by atoms with Crippen LogP contribution in [0.4, 0.5) is 0 Å². The van der Waals surface area contributed by atoms with Crippen LogP contribution in [-0.4, -0.2) is 18.4 Å². The van der Waals surface area contributed by atoms with Crippen LogP contribution < -0.4 is 34.3 Å². The predicted octanol–water partition coefficient (Wildman–Crippen LogP) is -0.994. The second-order valence-corrected chi connectivity index (χ2v) is 7.61. The molecule has 1 unspecified atom stereocenters. The van der Waals surface area contributed by atoms with Crippen molar-refractivity contribution in [1.82, 2.24) is 0 Å². The van der Waals surface area contributed by atoms with Crippen LogP contribution in [-0.2, 0) is 26.1 Å². The summed E-state index contributed by atoms with van der Waals surface area (Å²) in [6.07, 6.45) is 4.78. The van der Waals surface area contributed by atoms with Crippen molar-refractivity contribution in [3.05, 3.63) is 52.9 Å². The first-order valence-corrected chi connectivity index (χ1v) is 8.79. The lowest BCUT2D eigenvalue weighted by atomic mass is 9.70. The Bertz CT molecular complexity index is 842. The summed E-state index contributed by atoms with van der Waals surface area (Å²) in [4.78, 5) is 25.6. The Morgan fingerprint density at radius 1 is 1.41 bits per heavy atom. The molecule has 0 spiro atoms. The maximum Gasteiger partial charge on any atom is 0.340 e. The minimum Gasteiger partial charge on any atom is -1.00 e. The number of nitrogens with zero attached hydrogens (tertiary/aromatic N) is 1. The fourth-order valence-electron chi connectivity index (χ4n) is 3.71. The van der Waals surface area contributed by atoms with Crippen molar-refractivity contribution in [2.24, 2.45) is 18.2 Å². The zero-order valence-electron chi connectivity index (χ0n) is 16.0. The smallest absolute Gasteiger partial charge is 0.340 e. The van der Waals surface area contributed by atoms with Crippen LogP contribution >= 0.6 is 0 Å². The molecule has 0 bridgehead atoms. The summed E-state index contributed by atoms with van der Waals surface area (Å²) in [5.74, 6) is -0.556. The Labute approximate surface area is 176 Å². The number of aromatic nitrogens is 1. The Kier molecular flexibility index (Phi) is 6.34. The molecule has 0 aromatic carbocycles. The number of hydrogen-bond donors (Lipinski definition) is 1. The SMILES string of the molecule is CCOC(=O)C1=C(N)OC2=C(C(=O)CC(C)(C)C2)C1c1ccc[n+](C)c1.[I-]. The number of hydrogen-bond acceptors (Lipinski definition) is 5. The molecule has 0 radical (unpaired) electrons. The van der Waals surface area contributed by atoms with Crippen molar-refractivity contribution < 1.29 is 47.6 Å². The minimum absolute atomic E-state index is 0. The number of ketones is 1. The molecule has 2 aliphatic rings. The molecular formula is C20H25IN2O4. The van der Waals surface area contributed by atoms with E-state index in [-0.39, 0.29) is 53.2 Å². The average Bonchev–Trinajstić information content (AvgIpc) is 2.52. The molecule has 1 atom stereocenters. The third-order valence-electron chi connectivity index (χ3n) is 4.75. The van der Waals surface area contributed by atoms with E-state index < -0.39 is 11.9 Å². The van der Waals surface area contributed by atoms with Crippen molar-refractivity contribution in [3.8, 4) is 0 Å². The molecule has 2 N–H and O–H groups in total. The molecule has 0 saturated carbocycles. The summed E-state index contributed by atoms with van der Waals surface area (Å²) in [5.41, 5.74) is 7.45. The van der Waals surface area contributed by atoms with Crippen LogP contribution in [0.2, 0.25) is 0 Å². The zero-order chi connectivity index (χ0) is 19.1. The molecule has 6 nitrogen and oxygen atoms in total. The van der Waals surface area contributed by atoms with Gasteiger partial charge in [-0.15, -0.1) is 0 Å². The van der Waals surface area contributed by atoms with Gasteiger partial charge in [-0.2, -0.15) is 0 Å². The van der Waals surface area contributed by atoms with Gasteiger partial charge in [0.1, 0.15) is 18.4 Å².